The summed E-state index contributed by atoms with van der Waals surface area (Å²) in [6.45, 7) is 2.26. The SMILES string of the molecule is COc1ccccc1CCNC(=O)c1n[nH]c(C)c1N. The summed E-state index contributed by atoms with van der Waals surface area (Å²) in [5.41, 5.74) is 8.12. The van der Waals surface area contributed by atoms with Crippen molar-refractivity contribution in [3.8, 4) is 5.75 Å². The fourth-order valence-electron chi connectivity index (χ4n) is 1.91. The monoisotopic (exact) mass is 274 g/mol. The van der Waals surface area contributed by atoms with Crippen molar-refractivity contribution in [1.82, 2.24) is 15.5 Å². The number of aromatic nitrogens is 2. The minimum Gasteiger partial charge on any atom is -0.496 e. The Balaban J connectivity index is 1.93. The number of amides is 1. The van der Waals surface area contributed by atoms with E-state index in [1.54, 1.807) is 14.0 Å². The van der Waals surface area contributed by atoms with Gasteiger partial charge >= 0.3 is 0 Å². The number of nitrogens with two attached hydrogens (primary N) is 1. The van der Waals surface area contributed by atoms with Gasteiger partial charge in [0.05, 0.1) is 18.5 Å². The molecule has 2 aromatic rings. The Morgan fingerprint density at radius 1 is 1.45 bits per heavy atom. The predicted molar refractivity (Wildman–Crippen MR) is 76.8 cm³/mol. The molecule has 106 valence electrons. The van der Waals surface area contributed by atoms with E-state index in [4.69, 9.17) is 10.5 Å². The first-order valence-corrected chi connectivity index (χ1v) is 6.34. The van der Waals surface area contributed by atoms with Crippen LogP contribution in [0.4, 0.5) is 5.69 Å². The summed E-state index contributed by atoms with van der Waals surface area (Å²) in [5.74, 6) is 0.540. The maximum absolute atomic E-state index is 11.9. The number of carbonyl (C=O) groups is 1. The quantitative estimate of drug-likeness (QED) is 0.765. The zero-order chi connectivity index (χ0) is 14.5. The highest BCUT2D eigenvalue weighted by molar-refractivity contribution is 5.97. The van der Waals surface area contributed by atoms with Crippen LogP contribution in [0, 0.1) is 6.92 Å². The molecule has 20 heavy (non-hydrogen) atoms. The molecule has 1 heterocycles. The number of rotatable bonds is 5. The molecule has 0 saturated heterocycles. The molecule has 0 fully saturated rings. The third-order valence-corrected chi connectivity index (χ3v) is 3.08. The number of anilines is 1. The summed E-state index contributed by atoms with van der Waals surface area (Å²) in [6, 6.07) is 7.72. The molecule has 2 rings (SSSR count). The molecule has 4 N–H and O–H groups in total. The van der Waals surface area contributed by atoms with Crippen LogP contribution in [-0.2, 0) is 6.42 Å². The van der Waals surface area contributed by atoms with E-state index in [-0.39, 0.29) is 11.6 Å². The summed E-state index contributed by atoms with van der Waals surface area (Å²) < 4.78 is 5.26. The summed E-state index contributed by atoms with van der Waals surface area (Å²) in [6.07, 6.45) is 0.680. The van der Waals surface area contributed by atoms with Gasteiger partial charge in [0.25, 0.3) is 5.91 Å². The van der Waals surface area contributed by atoms with Crippen molar-refractivity contribution in [1.29, 1.82) is 0 Å². The lowest BCUT2D eigenvalue weighted by molar-refractivity contribution is 0.0950. The number of nitrogen functional groups attached to an aromatic ring is 1. The maximum atomic E-state index is 11.9. The van der Waals surface area contributed by atoms with E-state index in [2.05, 4.69) is 15.5 Å². The first-order chi connectivity index (χ1) is 9.63. The zero-order valence-corrected chi connectivity index (χ0v) is 11.6. The fourth-order valence-corrected chi connectivity index (χ4v) is 1.91. The van der Waals surface area contributed by atoms with Crippen molar-refractivity contribution < 1.29 is 9.53 Å². The van der Waals surface area contributed by atoms with E-state index >= 15 is 0 Å². The number of nitrogens with zero attached hydrogens (tertiary/aromatic N) is 1. The minimum absolute atomic E-state index is 0.238. The zero-order valence-electron chi connectivity index (χ0n) is 11.6. The van der Waals surface area contributed by atoms with Gasteiger partial charge in [-0.1, -0.05) is 18.2 Å². The second-order valence-electron chi connectivity index (χ2n) is 4.43. The molecule has 0 bridgehead atoms. The molecule has 1 amide bonds. The van der Waals surface area contributed by atoms with Crippen molar-refractivity contribution in [2.75, 3.05) is 19.4 Å². The second kappa shape index (κ2) is 6.10. The fraction of sp³-hybridized carbons (Fsp3) is 0.286. The highest BCUT2D eigenvalue weighted by Gasteiger charge is 2.14. The molecule has 0 radical (unpaired) electrons. The molecular weight excluding hydrogens is 256 g/mol. The van der Waals surface area contributed by atoms with Gasteiger partial charge in [-0.15, -0.1) is 0 Å². The standard InChI is InChI=1S/C14H18N4O2/c1-9-12(15)13(18-17-9)14(19)16-8-7-10-5-3-4-6-11(10)20-2/h3-6H,7-8,15H2,1-2H3,(H,16,19)(H,17,18). The lowest BCUT2D eigenvalue weighted by Crippen LogP contribution is -2.26. The van der Waals surface area contributed by atoms with Crippen LogP contribution in [0.25, 0.3) is 0 Å². The van der Waals surface area contributed by atoms with Gasteiger partial charge in [-0.25, -0.2) is 0 Å². The molecule has 0 aliphatic heterocycles. The number of H-pyrrole nitrogens is 1. The molecule has 0 aliphatic rings. The summed E-state index contributed by atoms with van der Waals surface area (Å²) in [5, 5.41) is 9.37. The Hall–Kier alpha value is -2.50. The van der Waals surface area contributed by atoms with Crippen LogP contribution >= 0.6 is 0 Å². The van der Waals surface area contributed by atoms with Crippen molar-refractivity contribution >= 4 is 11.6 Å². The number of nitrogens with one attached hydrogen (secondary N) is 2. The number of para-hydroxylation sites is 1. The average Bonchev–Trinajstić information content (AvgIpc) is 2.79. The van der Waals surface area contributed by atoms with Crippen LogP contribution in [0.5, 0.6) is 5.75 Å². The third-order valence-electron chi connectivity index (χ3n) is 3.08. The van der Waals surface area contributed by atoms with E-state index in [9.17, 15) is 4.79 Å². The maximum Gasteiger partial charge on any atom is 0.273 e. The molecule has 0 saturated carbocycles. The summed E-state index contributed by atoms with van der Waals surface area (Å²) in [4.78, 5) is 11.9. The largest absolute Gasteiger partial charge is 0.496 e. The highest BCUT2D eigenvalue weighted by Crippen LogP contribution is 2.17. The Morgan fingerprint density at radius 2 is 2.20 bits per heavy atom. The topological polar surface area (TPSA) is 93.0 Å². The summed E-state index contributed by atoms with van der Waals surface area (Å²) in [7, 11) is 1.63. The van der Waals surface area contributed by atoms with Crippen molar-refractivity contribution in [3.63, 3.8) is 0 Å². The van der Waals surface area contributed by atoms with Gasteiger partial charge in [-0.3, -0.25) is 9.89 Å². The van der Waals surface area contributed by atoms with Crippen LogP contribution in [0.1, 0.15) is 21.7 Å². The predicted octanol–water partition coefficient (Wildman–Crippen LogP) is 1.28. The van der Waals surface area contributed by atoms with E-state index in [1.165, 1.54) is 0 Å². The first-order valence-electron chi connectivity index (χ1n) is 6.34. The van der Waals surface area contributed by atoms with Gasteiger partial charge in [-0.2, -0.15) is 5.10 Å². The average molecular weight is 274 g/mol. The smallest absolute Gasteiger partial charge is 0.273 e. The Bertz CT molecular complexity index is 607. The molecule has 6 nitrogen and oxygen atoms in total. The van der Waals surface area contributed by atoms with Gasteiger partial charge in [0, 0.05) is 6.54 Å². The number of methoxy groups -OCH3 is 1. The van der Waals surface area contributed by atoms with E-state index in [0.717, 1.165) is 11.3 Å². The lowest BCUT2D eigenvalue weighted by atomic mass is 10.1. The number of hydrogen-bond donors (Lipinski definition) is 3. The van der Waals surface area contributed by atoms with Crippen molar-refractivity contribution in [2.24, 2.45) is 0 Å². The molecule has 0 spiro atoms. The van der Waals surface area contributed by atoms with E-state index in [0.29, 0.717) is 24.3 Å². The molecule has 0 unspecified atom stereocenters. The lowest BCUT2D eigenvalue weighted by Gasteiger charge is -2.08. The van der Waals surface area contributed by atoms with Crippen molar-refractivity contribution in [3.05, 3.63) is 41.2 Å². The van der Waals surface area contributed by atoms with E-state index < -0.39 is 0 Å². The molecule has 0 aliphatic carbocycles. The van der Waals surface area contributed by atoms with Crippen LogP contribution in [0.15, 0.2) is 24.3 Å². The molecule has 6 heteroatoms. The first kappa shape index (κ1) is 13.9. The van der Waals surface area contributed by atoms with Crippen LogP contribution in [0.2, 0.25) is 0 Å². The van der Waals surface area contributed by atoms with Crippen LogP contribution in [0.3, 0.4) is 0 Å². The normalized spacial score (nSPS) is 10.3. The second-order valence-corrected chi connectivity index (χ2v) is 4.43. The van der Waals surface area contributed by atoms with E-state index in [1.807, 2.05) is 24.3 Å². The number of hydrogen-bond acceptors (Lipinski definition) is 4. The number of carbonyl (C=O) groups excluding carboxylic acids is 1. The number of ether oxygens (including phenoxy) is 1. The van der Waals surface area contributed by atoms with Gasteiger partial charge < -0.3 is 15.8 Å². The minimum atomic E-state index is -0.276. The highest BCUT2D eigenvalue weighted by atomic mass is 16.5. The van der Waals surface area contributed by atoms with Gasteiger partial charge in [-0.05, 0) is 25.0 Å². The van der Waals surface area contributed by atoms with Gasteiger partial charge in [0.1, 0.15) is 5.75 Å². The molecule has 1 aromatic heterocycles. The van der Waals surface area contributed by atoms with Crippen LogP contribution < -0.4 is 15.8 Å². The number of aryl methyl sites for hydroxylation is 1. The summed E-state index contributed by atoms with van der Waals surface area (Å²) >= 11 is 0. The molecular formula is C14H18N4O2. The number of aromatic amines is 1. The van der Waals surface area contributed by atoms with Crippen LogP contribution in [-0.4, -0.2) is 29.8 Å². The van der Waals surface area contributed by atoms with Crippen molar-refractivity contribution in [2.45, 2.75) is 13.3 Å². The van der Waals surface area contributed by atoms with Gasteiger partial charge in [0.2, 0.25) is 0 Å². The van der Waals surface area contributed by atoms with Gasteiger partial charge in [0.15, 0.2) is 5.69 Å². The Kier molecular flexibility index (Phi) is 4.24. The molecule has 1 aromatic carbocycles. The third kappa shape index (κ3) is 2.90. The Labute approximate surface area is 117 Å². The molecule has 0 atom stereocenters. The number of benzene rings is 1. The Morgan fingerprint density at radius 3 is 2.85 bits per heavy atom.